The third-order valence-electron chi connectivity index (χ3n) is 2.63. The Morgan fingerprint density at radius 3 is 3.00 bits per heavy atom. The number of nitrogens with zero attached hydrogens (tertiary/aromatic N) is 2. The molecule has 6 heteroatoms. The van der Waals surface area contributed by atoms with Crippen molar-refractivity contribution in [3.8, 4) is 5.75 Å². The van der Waals surface area contributed by atoms with Crippen LogP contribution in [0.4, 0.5) is 0 Å². The molecule has 2 aromatic rings. The number of aromatic amines is 1. The third-order valence-corrected chi connectivity index (χ3v) is 2.63. The summed E-state index contributed by atoms with van der Waals surface area (Å²) in [5.41, 5.74) is 1.10. The summed E-state index contributed by atoms with van der Waals surface area (Å²) in [6.45, 7) is 2.28. The molecular weight excluding hydrogens is 244 g/mol. The van der Waals surface area contributed by atoms with Crippen LogP contribution in [-0.2, 0) is 6.42 Å². The molecular formula is C13H16N4O2. The van der Waals surface area contributed by atoms with Gasteiger partial charge in [-0.2, -0.15) is 0 Å². The number of carbonyl (C=O) groups excluding carboxylic acids is 1. The second-order valence-corrected chi connectivity index (χ2v) is 4.10. The number of amides is 1. The van der Waals surface area contributed by atoms with Gasteiger partial charge in [0.2, 0.25) is 5.82 Å². The van der Waals surface area contributed by atoms with E-state index in [2.05, 4.69) is 20.5 Å². The summed E-state index contributed by atoms with van der Waals surface area (Å²) in [4.78, 5) is 15.7. The van der Waals surface area contributed by atoms with Crippen LogP contribution in [0.5, 0.6) is 5.75 Å². The van der Waals surface area contributed by atoms with Gasteiger partial charge in [0.15, 0.2) is 0 Å². The maximum Gasteiger partial charge on any atom is 0.290 e. The largest absolute Gasteiger partial charge is 0.497 e. The summed E-state index contributed by atoms with van der Waals surface area (Å²) >= 11 is 0. The molecule has 0 spiro atoms. The Morgan fingerprint density at radius 1 is 1.47 bits per heavy atom. The zero-order valence-electron chi connectivity index (χ0n) is 10.9. The maximum atomic E-state index is 11.7. The Bertz CT molecular complexity index is 565. The van der Waals surface area contributed by atoms with Crippen molar-refractivity contribution < 1.29 is 9.53 Å². The van der Waals surface area contributed by atoms with Gasteiger partial charge in [-0.15, -0.1) is 5.10 Å². The van der Waals surface area contributed by atoms with Crippen LogP contribution in [0.1, 0.15) is 22.0 Å². The summed E-state index contributed by atoms with van der Waals surface area (Å²) < 4.78 is 5.14. The fourth-order valence-electron chi connectivity index (χ4n) is 1.67. The molecule has 0 atom stereocenters. The number of aryl methyl sites for hydroxylation is 1. The predicted molar refractivity (Wildman–Crippen MR) is 70.2 cm³/mol. The van der Waals surface area contributed by atoms with Crippen molar-refractivity contribution in [1.29, 1.82) is 0 Å². The summed E-state index contributed by atoms with van der Waals surface area (Å²) in [6, 6.07) is 7.75. The highest BCUT2D eigenvalue weighted by atomic mass is 16.5. The zero-order valence-corrected chi connectivity index (χ0v) is 10.9. The van der Waals surface area contributed by atoms with E-state index in [1.54, 1.807) is 14.0 Å². The van der Waals surface area contributed by atoms with Crippen LogP contribution < -0.4 is 10.1 Å². The van der Waals surface area contributed by atoms with Gasteiger partial charge in [0.25, 0.3) is 5.91 Å². The SMILES string of the molecule is COc1cccc(CCNC(=O)c2n[nH]c(C)n2)c1. The van der Waals surface area contributed by atoms with Gasteiger partial charge < -0.3 is 10.1 Å². The summed E-state index contributed by atoms with van der Waals surface area (Å²) in [7, 11) is 1.63. The topological polar surface area (TPSA) is 79.9 Å². The van der Waals surface area contributed by atoms with Crippen LogP contribution in [-0.4, -0.2) is 34.7 Å². The zero-order chi connectivity index (χ0) is 13.7. The molecule has 1 heterocycles. The minimum absolute atomic E-state index is 0.170. The molecule has 100 valence electrons. The van der Waals surface area contributed by atoms with Crippen molar-refractivity contribution in [2.75, 3.05) is 13.7 Å². The third kappa shape index (κ3) is 3.54. The number of H-pyrrole nitrogens is 1. The first kappa shape index (κ1) is 13.1. The first-order valence-electron chi connectivity index (χ1n) is 5.99. The Morgan fingerprint density at radius 2 is 2.32 bits per heavy atom. The van der Waals surface area contributed by atoms with Crippen LogP contribution in [0.25, 0.3) is 0 Å². The fraction of sp³-hybridized carbons (Fsp3) is 0.308. The number of aromatic nitrogens is 3. The average Bonchev–Trinajstić information content (AvgIpc) is 2.86. The van der Waals surface area contributed by atoms with Crippen LogP contribution in [0.3, 0.4) is 0 Å². The lowest BCUT2D eigenvalue weighted by molar-refractivity contribution is 0.0944. The average molecular weight is 260 g/mol. The Balaban J connectivity index is 1.84. The minimum Gasteiger partial charge on any atom is -0.497 e. The van der Waals surface area contributed by atoms with E-state index in [1.807, 2.05) is 24.3 Å². The number of nitrogens with one attached hydrogen (secondary N) is 2. The molecule has 0 bridgehead atoms. The Kier molecular flexibility index (Phi) is 4.12. The molecule has 0 aliphatic heterocycles. The Hall–Kier alpha value is -2.37. The summed E-state index contributed by atoms with van der Waals surface area (Å²) in [5, 5.41) is 9.21. The van der Waals surface area contributed by atoms with Gasteiger partial charge in [-0.3, -0.25) is 9.89 Å². The van der Waals surface area contributed by atoms with Gasteiger partial charge >= 0.3 is 0 Å². The molecule has 1 amide bonds. The van der Waals surface area contributed by atoms with Gasteiger partial charge in [0, 0.05) is 6.54 Å². The highest BCUT2D eigenvalue weighted by Gasteiger charge is 2.09. The number of rotatable bonds is 5. The van der Waals surface area contributed by atoms with E-state index in [4.69, 9.17) is 4.74 Å². The van der Waals surface area contributed by atoms with Crippen LogP contribution in [0, 0.1) is 6.92 Å². The predicted octanol–water partition coefficient (Wildman–Crippen LogP) is 1.09. The van der Waals surface area contributed by atoms with E-state index in [0.717, 1.165) is 17.7 Å². The molecule has 2 rings (SSSR count). The summed E-state index contributed by atoms with van der Waals surface area (Å²) in [6.07, 6.45) is 0.729. The van der Waals surface area contributed by atoms with Crippen LogP contribution in [0.2, 0.25) is 0 Å². The molecule has 2 N–H and O–H groups in total. The van der Waals surface area contributed by atoms with Gasteiger partial charge in [-0.1, -0.05) is 12.1 Å². The van der Waals surface area contributed by atoms with Crippen molar-refractivity contribution in [2.24, 2.45) is 0 Å². The van der Waals surface area contributed by atoms with E-state index in [9.17, 15) is 4.79 Å². The molecule has 1 aromatic heterocycles. The number of benzene rings is 1. The van der Waals surface area contributed by atoms with Crippen molar-refractivity contribution in [2.45, 2.75) is 13.3 Å². The van der Waals surface area contributed by atoms with Crippen LogP contribution >= 0.6 is 0 Å². The van der Waals surface area contributed by atoms with Gasteiger partial charge in [-0.05, 0) is 31.0 Å². The van der Waals surface area contributed by atoms with E-state index in [0.29, 0.717) is 12.4 Å². The van der Waals surface area contributed by atoms with Gasteiger partial charge in [0.05, 0.1) is 7.11 Å². The molecule has 0 unspecified atom stereocenters. The number of hydrogen-bond acceptors (Lipinski definition) is 4. The maximum absolute atomic E-state index is 11.7. The lowest BCUT2D eigenvalue weighted by atomic mass is 10.1. The minimum atomic E-state index is -0.271. The molecule has 0 aliphatic carbocycles. The molecule has 6 nitrogen and oxygen atoms in total. The lowest BCUT2D eigenvalue weighted by Crippen LogP contribution is -2.26. The summed E-state index contributed by atoms with van der Waals surface area (Å²) in [5.74, 6) is 1.33. The van der Waals surface area contributed by atoms with Crippen molar-refractivity contribution in [3.63, 3.8) is 0 Å². The van der Waals surface area contributed by atoms with Crippen LogP contribution in [0.15, 0.2) is 24.3 Å². The lowest BCUT2D eigenvalue weighted by Gasteiger charge is -2.05. The monoisotopic (exact) mass is 260 g/mol. The van der Waals surface area contributed by atoms with Gasteiger partial charge in [-0.25, -0.2) is 4.98 Å². The van der Waals surface area contributed by atoms with Gasteiger partial charge in [0.1, 0.15) is 11.6 Å². The first-order valence-corrected chi connectivity index (χ1v) is 5.99. The van der Waals surface area contributed by atoms with Crippen molar-refractivity contribution >= 4 is 5.91 Å². The van der Waals surface area contributed by atoms with Crippen molar-refractivity contribution in [3.05, 3.63) is 41.5 Å². The molecule has 0 saturated heterocycles. The van der Waals surface area contributed by atoms with E-state index in [1.165, 1.54) is 0 Å². The van der Waals surface area contributed by atoms with E-state index in [-0.39, 0.29) is 11.7 Å². The molecule has 1 aromatic carbocycles. The highest BCUT2D eigenvalue weighted by Crippen LogP contribution is 2.12. The molecule has 0 saturated carbocycles. The number of ether oxygens (including phenoxy) is 1. The molecule has 0 fully saturated rings. The first-order chi connectivity index (χ1) is 9.19. The molecule has 0 radical (unpaired) electrons. The Labute approximate surface area is 111 Å². The standard InChI is InChI=1S/C13H16N4O2/c1-9-15-12(17-16-9)13(18)14-7-6-10-4-3-5-11(8-10)19-2/h3-5,8H,6-7H2,1-2H3,(H,14,18)(H,15,16,17). The number of hydrogen-bond donors (Lipinski definition) is 2. The fourth-order valence-corrected chi connectivity index (χ4v) is 1.67. The normalized spacial score (nSPS) is 10.2. The van der Waals surface area contributed by atoms with Crippen molar-refractivity contribution in [1.82, 2.24) is 20.5 Å². The van der Waals surface area contributed by atoms with E-state index < -0.39 is 0 Å². The number of methoxy groups -OCH3 is 1. The smallest absolute Gasteiger partial charge is 0.290 e. The highest BCUT2D eigenvalue weighted by molar-refractivity contribution is 5.90. The second kappa shape index (κ2) is 5.99. The number of carbonyl (C=O) groups is 1. The quantitative estimate of drug-likeness (QED) is 0.843. The molecule has 19 heavy (non-hydrogen) atoms. The second-order valence-electron chi connectivity index (χ2n) is 4.10. The molecule has 0 aliphatic rings. The van der Waals surface area contributed by atoms with E-state index >= 15 is 0 Å².